The maximum atomic E-state index is 12.7. The fourth-order valence-electron chi connectivity index (χ4n) is 2.75. The van der Waals surface area contributed by atoms with Gasteiger partial charge in [0.15, 0.2) is 11.5 Å². The summed E-state index contributed by atoms with van der Waals surface area (Å²) in [6.45, 7) is 6.04. The van der Waals surface area contributed by atoms with Crippen LogP contribution in [0, 0.1) is 18.3 Å². The van der Waals surface area contributed by atoms with Crippen molar-refractivity contribution in [3.8, 4) is 23.8 Å². The largest absolute Gasteiger partial charge is 0.490 e. The van der Waals surface area contributed by atoms with Gasteiger partial charge in [0.05, 0.1) is 22.9 Å². The van der Waals surface area contributed by atoms with Gasteiger partial charge in [0.2, 0.25) is 0 Å². The van der Waals surface area contributed by atoms with Crippen LogP contribution in [0.15, 0.2) is 41.5 Å². The third-order valence-corrected chi connectivity index (χ3v) is 5.12. The van der Waals surface area contributed by atoms with Crippen molar-refractivity contribution in [1.29, 1.82) is 0 Å². The smallest absolute Gasteiger partial charge is 0.262 e. The van der Waals surface area contributed by atoms with Gasteiger partial charge in [0, 0.05) is 5.56 Å². The number of halogens is 2. The van der Waals surface area contributed by atoms with Crippen LogP contribution in [0.2, 0.25) is 10.0 Å². The monoisotopic (exact) mass is 489 g/mol. The maximum Gasteiger partial charge on any atom is 0.262 e. The summed E-state index contributed by atoms with van der Waals surface area (Å²) in [5, 5.41) is 7.29. The lowest BCUT2D eigenvalue weighted by Gasteiger charge is -2.20. The van der Waals surface area contributed by atoms with Crippen LogP contribution in [0.25, 0.3) is 0 Å². The van der Waals surface area contributed by atoms with Gasteiger partial charge in [-0.15, -0.1) is 6.42 Å². The van der Waals surface area contributed by atoms with Crippen LogP contribution in [0.4, 0.5) is 0 Å². The Hall–Kier alpha value is -3.21. The summed E-state index contributed by atoms with van der Waals surface area (Å²) < 4.78 is 11.0. The Labute approximate surface area is 203 Å². The molecule has 1 atom stereocenters. The minimum absolute atomic E-state index is 0.119. The van der Waals surface area contributed by atoms with Crippen LogP contribution in [-0.2, 0) is 4.79 Å². The predicted molar refractivity (Wildman–Crippen MR) is 130 cm³/mol. The number of carbonyl (C=O) groups is 2. The number of terminal acetylenes is 1. The highest BCUT2D eigenvalue weighted by atomic mass is 35.5. The summed E-state index contributed by atoms with van der Waals surface area (Å²) in [5.41, 5.74) is 3.43. The van der Waals surface area contributed by atoms with Crippen LogP contribution in [0.5, 0.6) is 11.5 Å². The van der Waals surface area contributed by atoms with E-state index in [1.54, 1.807) is 18.2 Å². The summed E-state index contributed by atoms with van der Waals surface area (Å²) in [7, 11) is 0. The number of ether oxygens (including phenoxy) is 2. The highest BCUT2D eigenvalue weighted by Gasteiger charge is 2.24. The molecular weight excluding hydrogens is 465 g/mol. The Morgan fingerprint density at radius 2 is 1.88 bits per heavy atom. The number of rotatable bonds is 10. The standard InChI is InChI=1S/C24H25Cl2N3O4/c1-5-11-33-20-10-7-16(12-21(20)32-6-2)14-27-29-24(31)22(15(3)4)28-23(30)17-8-9-18(25)19(26)13-17/h1,7-10,12-15,22H,6,11H2,2-4H3,(H,28,30)(H,29,31). The first-order chi connectivity index (χ1) is 15.8. The summed E-state index contributed by atoms with van der Waals surface area (Å²) in [6.07, 6.45) is 6.69. The zero-order valence-electron chi connectivity index (χ0n) is 18.5. The number of benzene rings is 2. The van der Waals surface area contributed by atoms with E-state index < -0.39 is 17.9 Å². The van der Waals surface area contributed by atoms with Gasteiger partial charge in [-0.05, 0) is 54.8 Å². The third kappa shape index (κ3) is 7.70. The van der Waals surface area contributed by atoms with Crippen LogP contribution < -0.4 is 20.2 Å². The van der Waals surface area contributed by atoms with E-state index in [-0.39, 0.29) is 17.5 Å². The lowest BCUT2D eigenvalue weighted by Crippen LogP contribution is -2.48. The van der Waals surface area contributed by atoms with Crippen molar-refractivity contribution >= 4 is 41.2 Å². The van der Waals surface area contributed by atoms with Gasteiger partial charge in [0.1, 0.15) is 12.6 Å². The van der Waals surface area contributed by atoms with E-state index in [0.717, 1.165) is 0 Å². The number of amides is 2. The molecule has 7 nitrogen and oxygen atoms in total. The highest BCUT2D eigenvalue weighted by Crippen LogP contribution is 2.28. The molecule has 0 aliphatic heterocycles. The molecule has 2 rings (SSSR count). The molecule has 0 saturated heterocycles. The van der Waals surface area contributed by atoms with Crippen molar-refractivity contribution in [2.75, 3.05) is 13.2 Å². The van der Waals surface area contributed by atoms with Crippen LogP contribution in [0.3, 0.4) is 0 Å². The first-order valence-electron chi connectivity index (χ1n) is 10.2. The normalized spacial score (nSPS) is 11.7. The Morgan fingerprint density at radius 3 is 2.52 bits per heavy atom. The molecule has 2 N–H and O–H groups in total. The lowest BCUT2D eigenvalue weighted by atomic mass is 10.0. The van der Waals surface area contributed by atoms with Gasteiger partial charge in [-0.2, -0.15) is 5.10 Å². The van der Waals surface area contributed by atoms with Gasteiger partial charge >= 0.3 is 0 Å². The average molecular weight is 490 g/mol. The maximum absolute atomic E-state index is 12.7. The summed E-state index contributed by atoms with van der Waals surface area (Å²) in [4.78, 5) is 25.2. The molecule has 2 aromatic rings. The number of carbonyl (C=O) groups excluding carboxylic acids is 2. The van der Waals surface area contributed by atoms with Crippen molar-refractivity contribution < 1.29 is 19.1 Å². The molecule has 0 aromatic heterocycles. The molecule has 0 aliphatic carbocycles. The number of hydrazone groups is 1. The fourth-order valence-corrected chi connectivity index (χ4v) is 3.05. The Morgan fingerprint density at radius 1 is 1.12 bits per heavy atom. The number of hydrogen-bond acceptors (Lipinski definition) is 5. The Balaban J connectivity index is 2.06. The van der Waals surface area contributed by atoms with Crippen molar-refractivity contribution in [3.63, 3.8) is 0 Å². The average Bonchev–Trinajstić information content (AvgIpc) is 2.78. The SMILES string of the molecule is C#CCOc1ccc(C=NNC(=O)C(NC(=O)c2ccc(Cl)c(Cl)c2)C(C)C)cc1OCC. The van der Waals surface area contributed by atoms with Crippen LogP contribution in [0.1, 0.15) is 36.7 Å². The lowest BCUT2D eigenvalue weighted by molar-refractivity contribution is -0.123. The molecule has 174 valence electrons. The van der Waals surface area contributed by atoms with Gasteiger partial charge in [-0.25, -0.2) is 5.43 Å². The minimum atomic E-state index is -0.817. The molecule has 0 spiro atoms. The molecule has 2 aromatic carbocycles. The van der Waals surface area contributed by atoms with Gasteiger partial charge in [-0.3, -0.25) is 9.59 Å². The molecule has 33 heavy (non-hydrogen) atoms. The van der Waals surface area contributed by atoms with E-state index in [1.165, 1.54) is 24.4 Å². The molecule has 0 aliphatic rings. The van der Waals surface area contributed by atoms with E-state index in [2.05, 4.69) is 21.8 Å². The molecule has 9 heteroatoms. The quantitative estimate of drug-likeness (QED) is 0.295. The topological polar surface area (TPSA) is 89.0 Å². The Bertz CT molecular complexity index is 1060. The van der Waals surface area contributed by atoms with Gasteiger partial charge in [-0.1, -0.05) is 43.0 Å². The van der Waals surface area contributed by atoms with E-state index in [0.29, 0.717) is 34.3 Å². The second-order valence-corrected chi connectivity index (χ2v) is 8.00. The highest BCUT2D eigenvalue weighted by molar-refractivity contribution is 6.42. The zero-order chi connectivity index (χ0) is 24.4. The molecule has 0 heterocycles. The third-order valence-electron chi connectivity index (χ3n) is 4.38. The van der Waals surface area contributed by atoms with Crippen molar-refractivity contribution in [2.45, 2.75) is 26.8 Å². The summed E-state index contributed by atoms with van der Waals surface area (Å²) in [5.74, 6) is 2.32. The number of nitrogens with one attached hydrogen (secondary N) is 2. The summed E-state index contributed by atoms with van der Waals surface area (Å²) >= 11 is 11.9. The van der Waals surface area contributed by atoms with Crippen molar-refractivity contribution in [2.24, 2.45) is 11.0 Å². The molecule has 1 unspecified atom stereocenters. The van der Waals surface area contributed by atoms with E-state index in [1.807, 2.05) is 20.8 Å². The predicted octanol–water partition coefficient (Wildman–Crippen LogP) is 4.31. The van der Waals surface area contributed by atoms with Gasteiger partial charge in [0.25, 0.3) is 11.8 Å². The molecule has 0 bridgehead atoms. The van der Waals surface area contributed by atoms with Crippen LogP contribution in [-0.4, -0.2) is 37.3 Å². The molecule has 0 saturated carbocycles. The second kappa shape index (κ2) is 12.7. The molecule has 2 amide bonds. The first-order valence-corrected chi connectivity index (χ1v) is 10.9. The first kappa shape index (κ1) is 26.0. The molecule has 0 fully saturated rings. The molecular formula is C24H25Cl2N3O4. The zero-order valence-corrected chi connectivity index (χ0v) is 20.0. The van der Waals surface area contributed by atoms with Crippen LogP contribution >= 0.6 is 23.2 Å². The van der Waals surface area contributed by atoms with Gasteiger partial charge < -0.3 is 14.8 Å². The molecule has 0 radical (unpaired) electrons. The van der Waals surface area contributed by atoms with E-state index >= 15 is 0 Å². The van der Waals surface area contributed by atoms with E-state index in [9.17, 15) is 9.59 Å². The number of nitrogens with zero attached hydrogens (tertiary/aromatic N) is 1. The fraction of sp³-hybridized carbons (Fsp3) is 0.292. The summed E-state index contributed by atoms with van der Waals surface area (Å²) in [6, 6.07) is 8.85. The van der Waals surface area contributed by atoms with Crippen molar-refractivity contribution in [3.05, 3.63) is 57.6 Å². The Kier molecular flexibility index (Phi) is 10.0. The number of hydrogen-bond donors (Lipinski definition) is 2. The van der Waals surface area contributed by atoms with Crippen molar-refractivity contribution in [1.82, 2.24) is 10.7 Å². The van der Waals surface area contributed by atoms with E-state index in [4.69, 9.17) is 39.1 Å². The minimum Gasteiger partial charge on any atom is -0.490 e. The second-order valence-electron chi connectivity index (χ2n) is 7.19.